The Morgan fingerprint density at radius 1 is 0.867 bits per heavy atom. The molecular weight excluding hydrogens is 306 g/mol. The molecule has 0 N–H and O–H groups in total. The second-order valence-corrected chi connectivity index (χ2v) is 18.8. The summed E-state index contributed by atoms with van der Waals surface area (Å²) in [6.07, 6.45) is 0. The van der Waals surface area contributed by atoms with Gasteiger partial charge in [0.25, 0.3) is 0 Å². The van der Waals surface area contributed by atoms with Gasteiger partial charge in [-0.3, -0.25) is 0 Å². The third kappa shape index (κ3) is 3.37. The van der Waals surface area contributed by atoms with E-state index in [9.17, 15) is 9.59 Å². The van der Waals surface area contributed by atoms with E-state index in [2.05, 4.69) is 0 Å². The molecular formula is C10H21O4Sb. The summed E-state index contributed by atoms with van der Waals surface area (Å²) in [6, 6.07) is 0. The monoisotopic (exact) mass is 326 g/mol. The zero-order valence-electron chi connectivity index (χ0n) is 10.2. The van der Waals surface area contributed by atoms with Gasteiger partial charge in [-0.15, -0.1) is 0 Å². The molecule has 5 heteroatoms. The average molecular weight is 327 g/mol. The molecule has 0 aromatic heterocycles. The molecule has 0 bridgehead atoms. The molecule has 0 heterocycles. The molecule has 0 aliphatic heterocycles. The fourth-order valence-electron chi connectivity index (χ4n) is 1.73. The van der Waals surface area contributed by atoms with Crippen LogP contribution in [0.2, 0.25) is 13.1 Å². The van der Waals surface area contributed by atoms with Crippen LogP contribution in [0.25, 0.3) is 0 Å². The zero-order chi connectivity index (χ0) is 12.1. The van der Waals surface area contributed by atoms with E-state index in [0.29, 0.717) is 13.1 Å². The molecule has 90 valence electrons. The number of hydrogen-bond acceptors (Lipinski definition) is 4. The molecule has 0 amide bonds. The Hall–Kier alpha value is -0.242. The van der Waals surface area contributed by atoms with Crippen molar-refractivity contribution >= 4 is 30.2 Å². The van der Waals surface area contributed by atoms with Crippen molar-refractivity contribution in [3.05, 3.63) is 0 Å². The molecule has 0 saturated carbocycles. The molecule has 15 heavy (non-hydrogen) atoms. The zero-order valence-corrected chi connectivity index (χ0v) is 12.8. The summed E-state index contributed by atoms with van der Waals surface area (Å²) in [5.74, 6) is -0.688. The second kappa shape index (κ2) is 5.20. The molecule has 0 atom stereocenters. The summed E-state index contributed by atoms with van der Waals surface area (Å²) < 4.78 is 13.0. The third-order valence-electron chi connectivity index (χ3n) is 2.84. The van der Waals surface area contributed by atoms with Crippen LogP contribution >= 0.6 is 0 Å². The summed E-state index contributed by atoms with van der Waals surface area (Å²) in [7, 11) is 0. The van der Waals surface area contributed by atoms with Crippen LogP contribution in [0.15, 0.2) is 0 Å². The van der Waals surface area contributed by atoms with Gasteiger partial charge in [0, 0.05) is 0 Å². The maximum absolute atomic E-state index is 11.2. The first-order valence-corrected chi connectivity index (χ1v) is 12.8. The summed E-state index contributed by atoms with van der Waals surface area (Å²) >= 11 is -3.94. The first-order valence-electron chi connectivity index (χ1n) is 5.25. The first kappa shape index (κ1) is 14.8. The van der Waals surface area contributed by atoms with Crippen molar-refractivity contribution in [2.24, 2.45) is 0 Å². The third-order valence-corrected chi connectivity index (χ3v) is 19.0. The van der Waals surface area contributed by atoms with Crippen molar-refractivity contribution in [2.45, 2.75) is 47.7 Å². The molecule has 0 radical (unpaired) electrons. The fourth-order valence-corrected chi connectivity index (χ4v) is 11.6. The molecule has 0 unspecified atom stereocenters. The molecule has 0 aromatic carbocycles. The van der Waals surface area contributed by atoms with Crippen molar-refractivity contribution in [3.63, 3.8) is 0 Å². The maximum atomic E-state index is 11.2. The SMILES string of the molecule is C[CH2][Sb]([CH2]C)([CH2]C)([O]C(C)=O)[O]C(C)=O. The van der Waals surface area contributed by atoms with Gasteiger partial charge >= 0.3 is 93.5 Å². The van der Waals surface area contributed by atoms with E-state index in [0.717, 1.165) is 0 Å². The van der Waals surface area contributed by atoms with Gasteiger partial charge < -0.3 is 0 Å². The van der Waals surface area contributed by atoms with Crippen molar-refractivity contribution < 1.29 is 15.6 Å². The summed E-state index contributed by atoms with van der Waals surface area (Å²) in [5.41, 5.74) is 0. The van der Waals surface area contributed by atoms with Crippen molar-refractivity contribution in [3.8, 4) is 0 Å². The molecule has 4 nitrogen and oxygen atoms in total. The van der Waals surface area contributed by atoms with E-state index in [4.69, 9.17) is 6.03 Å². The topological polar surface area (TPSA) is 52.6 Å². The van der Waals surface area contributed by atoms with Crippen LogP contribution in [-0.2, 0) is 15.6 Å². The Bertz CT molecular complexity index is 227. The van der Waals surface area contributed by atoms with Gasteiger partial charge in [-0.05, 0) is 0 Å². The van der Waals surface area contributed by atoms with Gasteiger partial charge in [-0.25, -0.2) is 0 Å². The van der Waals surface area contributed by atoms with Crippen LogP contribution in [-0.4, -0.2) is 30.2 Å². The van der Waals surface area contributed by atoms with Gasteiger partial charge in [-0.1, -0.05) is 0 Å². The van der Waals surface area contributed by atoms with Gasteiger partial charge in [0.15, 0.2) is 0 Å². The molecule has 0 aliphatic carbocycles. The second-order valence-electron chi connectivity index (χ2n) is 3.63. The number of carbonyl (C=O) groups excluding carboxylic acids is 2. The van der Waals surface area contributed by atoms with E-state index in [1.807, 2.05) is 20.8 Å². The van der Waals surface area contributed by atoms with Crippen molar-refractivity contribution in [2.75, 3.05) is 0 Å². The van der Waals surface area contributed by atoms with E-state index >= 15 is 0 Å². The van der Waals surface area contributed by atoms with Crippen LogP contribution in [0.4, 0.5) is 0 Å². The van der Waals surface area contributed by atoms with Crippen LogP contribution < -0.4 is 0 Å². The summed E-state index contributed by atoms with van der Waals surface area (Å²) in [6.45, 7) is 8.53. The van der Waals surface area contributed by atoms with Gasteiger partial charge in [0.05, 0.1) is 0 Å². The number of hydrogen-bond donors (Lipinski definition) is 0. The molecule has 0 fully saturated rings. The van der Waals surface area contributed by atoms with Gasteiger partial charge in [0.2, 0.25) is 0 Å². The molecule has 0 saturated heterocycles. The van der Waals surface area contributed by atoms with E-state index in [-0.39, 0.29) is 11.9 Å². The minimum atomic E-state index is -3.94. The normalized spacial score (nSPS) is 13.8. The predicted molar refractivity (Wildman–Crippen MR) is 60.7 cm³/mol. The first-order chi connectivity index (χ1) is 6.83. The standard InChI is InChI=1S/2C2H4O2.3C2H5.Sb/c2*1-2(3)4;3*1-2;/h2*1H3,(H,3,4);3*1H2,2H3;/q;;;;;+2/p-2. The molecule has 0 rings (SSSR count). The Kier molecular flexibility index (Phi) is 5.11. The van der Waals surface area contributed by atoms with Gasteiger partial charge in [-0.2, -0.15) is 0 Å². The van der Waals surface area contributed by atoms with E-state index in [1.165, 1.54) is 13.8 Å². The van der Waals surface area contributed by atoms with E-state index in [1.54, 1.807) is 0 Å². The molecule has 0 aliphatic rings. The Morgan fingerprint density at radius 2 is 1.13 bits per heavy atom. The fraction of sp³-hybridized carbons (Fsp3) is 0.800. The Labute approximate surface area is 93.5 Å². The quantitative estimate of drug-likeness (QED) is 0.729. The van der Waals surface area contributed by atoms with Crippen LogP contribution in [0.3, 0.4) is 0 Å². The molecule has 0 aromatic rings. The van der Waals surface area contributed by atoms with Crippen LogP contribution in [0.5, 0.6) is 0 Å². The van der Waals surface area contributed by atoms with Crippen molar-refractivity contribution in [1.29, 1.82) is 0 Å². The van der Waals surface area contributed by atoms with Crippen LogP contribution in [0, 0.1) is 0 Å². The number of carbonyl (C=O) groups is 2. The average Bonchev–Trinajstić information content (AvgIpc) is 2.16. The van der Waals surface area contributed by atoms with E-state index < -0.39 is 18.2 Å². The Balaban J connectivity index is 5.24. The van der Waals surface area contributed by atoms with Crippen molar-refractivity contribution in [1.82, 2.24) is 0 Å². The minimum absolute atomic E-state index is 0.344. The Morgan fingerprint density at radius 3 is 1.27 bits per heavy atom. The summed E-state index contributed by atoms with van der Waals surface area (Å²) in [4.78, 5) is 22.3. The number of rotatable bonds is 5. The predicted octanol–water partition coefficient (Wildman–Crippen LogP) is 2.57. The van der Waals surface area contributed by atoms with Crippen LogP contribution in [0.1, 0.15) is 34.6 Å². The summed E-state index contributed by atoms with van der Waals surface area (Å²) in [5, 5.41) is 0. The molecule has 0 spiro atoms. The van der Waals surface area contributed by atoms with Gasteiger partial charge in [0.1, 0.15) is 0 Å².